The van der Waals surface area contributed by atoms with Crippen molar-refractivity contribution in [3.8, 4) is 0 Å². The van der Waals surface area contributed by atoms with Gasteiger partial charge in [0.25, 0.3) is 0 Å². The van der Waals surface area contributed by atoms with Crippen LogP contribution in [0.4, 0.5) is 0 Å². The summed E-state index contributed by atoms with van der Waals surface area (Å²) in [6.45, 7) is 8.16. The molecule has 0 bridgehead atoms. The summed E-state index contributed by atoms with van der Waals surface area (Å²) in [5, 5.41) is 0. The lowest BCUT2D eigenvalue weighted by Gasteiger charge is -2.06. The largest absolute Gasteiger partial charge is 0.466 e. The molecule has 0 radical (unpaired) electrons. The molecular weight excluding hydrogens is 220 g/mol. The molecule has 0 aromatic carbocycles. The van der Waals surface area contributed by atoms with E-state index in [1.165, 1.54) is 0 Å². The van der Waals surface area contributed by atoms with Crippen molar-refractivity contribution in [1.82, 2.24) is 0 Å². The molecule has 0 aromatic heterocycles. The van der Waals surface area contributed by atoms with E-state index in [0.717, 1.165) is 12.5 Å². The fourth-order valence-electron chi connectivity index (χ4n) is 1.10. The number of hydrogen-bond donors (Lipinski definition) is 0. The lowest BCUT2D eigenvalue weighted by molar-refractivity contribution is -0.144. The van der Waals surface area contributed by atoms with Gasteiger partial charge in [-0.05, 0) is 25.2 Å². The highest BCUT2D eigenvalue weighted by Gasteiger charge is 2.04. The highest BCUT2D eigenvalue weighted by molar-refractivity contribution is 5.81. The highest BCUT2D eigenvalue weighted by Crippen LogP contribution is 2.04. The molecule has 0 spiro atoms. The molecule has 0 amide bonds. The summed E-state index contributed by atoms with van der Waals surface area (Å²) in [6, 6.07) is 0. The van der Waals surface area contributed by atoms with Crippen LogP contribution >= 0.6 is 0 Å². The SMILES string of the molecule is C=CC(=O)OCCCCOC(=O)CCC(C)C. The Morgan fingerprint density at radius 2 is 1.76 bits per heavy atom. The number of hydrogen-bond acceptors (Lipinski definition) is 4. The van der Waals surface area contributed by atoms with Gasteiger partial charge in [0.15, 0.2) is 0 Å². The molecule has 0 N–H and O–H groups in total. The maximum Gasteiger partial charge on any atom is 0.330 e. The van der Waals surface area contributed by atoms with Crippen LogP contribution in [0, 0.1) is 5.92 Å². The van der Waals surface area contributed by atoms with Gasteiger partial charge in [-0.2, -0.15) is 0 Å². The fourth-order valence-corrected chi connectivity index (χ4v) is 1.10. The molecule has 98 valence electrons. The Balaban J connectivity index is 3.30. The maximum absolute atomic E-state index is 11.2. The van der Waals surface area contributed by atoms with Crippen LogP contribution in [0.3, 0.4) is 0 Å². The lowest BCUT2D eigenvalue weighted by Crippen LogP contribution is -2.08. The molecule has 4 heteroatoms. The molecule has 4 nitrogen and oxygen atoms in total. The average molecular weight is 242 g/mol. The van der Waals surface area contributed by atoms with Crippen LogP contribution in [0.2, 0.25) is 0 Å². The van der Waals surface area contributed by atoms with Crippen molar-refractivity contribution in [1.29, 1.82) is 0 Å². The quantitative estimate of drug-likeness (QED) is 0.354. The zero-order valence-corrected chi connectivity index (χ0v) is 10.7. The van der Waals surface area contributed by atoms with Crippen molar-refractivity contribution in [2.45, 2.75) is 39.5 Å². The predicted molar refractivity (Wildman–Crippen MR) is 65.4 cm³/mol. The number of esters is 2. The fraction of sp³-hybridized carbons (Fsp3) is 0.692. The van der Waals surface area contributed by atoms with E-state index in [1.807, 2.05) is 0 Å². The lowest BCUT2D eigenvalue weighted by atomic mass is 10.1. The Hall–Kier alpha value is -1.32. The van der Waals surface area contributed by atoms with Gasteiger partial charge in [0, 0.05) is 12.5 Å². The van der Waals surface area contributed by atoms with Gasteiger partial charge in [0.1, 0.15) is 0 Å². The highest BCUT2D eigenvalue weighted by atomic mass is 16.5. The first kappa shape index (κ1) is 15.7. The predicted octanol–water partition coefficient (Wildman–Crippen LogP) is 2.48. The molecule has 0 fully saturated rings. The molecule has 0 aliphatic heterocycles. The zero-order valence-electron chi connectivity index (χ0n) is 10.7. The molecule has 0 aliphatic carbocycles. The number of ether oxygens (including phenoxy) is 2. The summed E-state index contributed by atoms with van der Waals surface area (Å²) >= 11 is 0. The summed E-state index contributed by atoms with van der Waals surface area (Å²) < 4.78 is 9.81. The molecule has 0 atom stereocenters. The van der Waals surface area contributed by atoms with Gasteiger partial charge in [-0.15, -0.1) is 0 Å². The third-order valence-corrected chi connectivity index (χ3v) is 2.14. The van der Waals surface area contributed by atoms with E-state index in [2.05, 4.69) is 20.4 Å². The summed E-state index contributed by atoms with van der Waals surface area (Å²) in [5.41, 5.74) is 0. The number of carbonyl (C=O) groups excluding carboxylic acids is 2. The van der Waals surface area contributed by atoms with Crippen LogP contribution < -0.4 is 0 Å². The standard InChI is InChI=1S/C13H22O4/c1-4-12(14)16-9-5-6-10-17-13(15)8-7-11(2)3/h4,11H,1,5-10H2,2-3H3. The van der Waals surface area contributed by atoms with Crippen molar-refractivity contribution in [3.63, 3.8) is 0 Å². The van der Waals surface area contributed by atoms with Gasteiger partial charge in [-0.1, -0.05) is 20.4 Å². The molecule has 0 aromatic rings. The van der Waals surface area contributed by atoms with Crippen molar-refractivity contribution in [2.75, 3.05) is 13.2 Å². The van der Waals surface area contributed by atoms with Crippen molar-refractivity contribution in [2.24, 2.45) is 5.92 Å². The second-order valence-electron chi connectivity index (χ2n) is 4.23. The van der Waals surface area contributed by atoms with Crippen LogP contribution in [0.5, 0.6) is 0 Å². The van der Waals surface area contributed by atoms with Crippen LogP contribution in [-0.2, 0) is 19.1 Å². The molecule has 0 aliphatic rings. The van der Waals surface area contributed by atoms with E-state index in [0.29, 0.717) is 38.4 Å². The molecule has 0 saturated heterocycles. The Morgan fingerprint density at radius 1 is 1.18 bits per heavy atom. The minimum absolute atomic E-state index is 0.151. The average Bonchev–Trinajstić information content (AvgIpc) is 2.30. The van der Waals surface area contributed by atoms with E-state index in [1.54, 1.807) is 0 Å². The second-order valence-corrected chi connectivity index (χ2v) is 4.23. The van der Waals surface area contributed by atoms with E-state index >= 15 is 0 Å². The van der Waals surface area contributed by atoms with E-state index in [9.17, 15) is 9.59 Å². The van der Waals surface area contributed by atoms with E-state index in [4.69, 9.17) is 9.47 Å². The Bertz CT molecular complexity index is 246. The topological polar surface area (TPSA) is 52.6 Å². The first-order valence-electron chi connectivity index (χ1n) is 6.01. The molecular formula is C13H22O4. The van der Waals surface area contributed by atoms with Gasteiger partial charge in [-0.25, -0.2) is 4.79 Å². The molecule has 0 rings (SSSR count). The number of unbranched alkanes of at least 4 members (excludes halogenated alkanes) is 1. The first-order chi connectivity index (χ1) is 8.06. The molecule has 0 unspecified atom stereocenters. The Labute approximate surface area is 103 Å². The summed E-state index contributed by atoms with van der Waals surface area (Å²) in [7, 11) is 0. The summed E-state index contributed by atoms with van der Waals surface area (Å²) in [6.07, 6.45) is 3.86. The second kappa shape index (κ2) is 9.87. The molecule has 0 heterocycles. The van der Waals surface area contributed by atoms with E-state index in [-0.39, 0.29) is 5.97 Å². The Morgan fingerprint density at radius 3 is 2.29 bits per heavy atom. The minimum Gasteiger partial charge on any atom is -0.466 e. The van der Waals surface area contributed by atoms with Crippen LogP contribution in [0.15, 0.2) is 12.7 Å². The smallest absolute Gasteiger partial charge is 0.330 e. The normalized spacial score (nSPS) is 10.1. The van der Waals surface area contributed by atoms with Crippen molar-refractivity contribution >= 4 is 11.9 Å². The number of rotatable bonds is 9. The van der Waals surface area contributed by atoms with Gasteiger partial charge in [-0.3, -0.25) is 4.79 Å². The number of carbonyl (C=O) groups is 2. The van der Waals surface area contributed by atoms with Gasteiger partial charge < -0.3 is 9.47 Å². The van der Waals surface area contributed by atoms with Gasteiger partial charge in [0.2, 0.25) is 0 Å². The summed E-state index contributed by atoms with van der Waals surface area (Å²) in [4.78, 5) is 21.9. The maximum atomic E-state index is 11.2. The third kappa shape index (κ3) is 11.0. The zero-order chi connectivity index (χ0) is 13.1. The van der Waals surface area contributed by atoms with Crippen LogP contribution in [0.25, 0.3) is 0 Å². The molecule has 0 saturated carbocycles. The van der Waals surface area contributed by atoms with E-state index < -0.39 is 5.97 Å². The first-order valence-corrected chi connectivity index (χ1v) is 6.01. The Kier molecular flexibility index (Phi) is 9.11. The van der Waals surface area contributed by atoms with Gasteiger partial charge >= 0.3 is 11.9 Å². The van der Waals surface area contributed by atoms with Gasteiger partial charge in [0.05, 0.1) is 13.2 Å². The summed E-state index contributed by atoms with van der Waals surface area (Å²) in [5.74, 6) is -0.0541. The van der Waals surface area contributed by atoms with Crippen molar-refractivity contribution < 1.29 is 19.1 Å². The minimum atomic E-state index is -0.418. The van der Waals surface area contributed by atoms with Crippen molar-refractivity contribution in [3.05, 3.63) is 12.7 Å². The third-order valence-electron chi connectivity index (χ3n) is 2.14. The monoisotopic (exact) mass is 242 g/mol. The van der Waals surface area contributed by atoms with Crippen LogP contribution in [0.1, 0.15) is 39.5 Å². The molecule has 17 heavy (non-hydrogen) atoms. The van der Waals surface area contributed by atoms with Crippen LogP contribution in [-0.4, -0.2) is 25.2 Å².